The molecule has 3 aromatic carbocycles. The molecule has 0 saturated heterocycles. The van der Waals surface area contributed by atoms with E-state index in [9.17, 15) is 9.90 Å². The summed E-state index contributed by atoms with van der Waals surface area (Å²) in [4.78, 5) is 12.0. The van der Waals surface area contributed by atoms with Crippen LogP contribution in [0.15, 0.2) is 66.7 Å². The van der Waals surface area contributed by atoms with Gasteiger partial charge in [-0.25, -0.2) is 0 Å². The number of nitrogens with one attached hydrogen (secondary N) is 1. The molecule has 120 valence electrons. The van der Waals surface area contributed by atoms with E-state index >= 15 is 0 Å². The average Bonchev–Trinajstić information content (AvgIpc) is 2.61. The molecule has 0 aliphatic carbocycles. The van der Waals surface area contributed by atoms with Crippen LogP contribution in [0, 0.1) is 0 Å². The fourth-order valence-electron chi connectivity index (χ4n) is 2.80. The summed E-state index contributed by atoms with van der Waals surface area (Å²) in [7, 11) is 1.80. The van der Waals surface area contributed by atoms with Crippen molar-refractivity contribution in [2.45, 2.75) is 6.92 Å². The lowest BCUT2D eigenvalue weighted by atomic mass is 9.92. The van der Waals surface area contributed by atoms with E-state index in [0.717, 1.165) is 22.4 Å². The molecule has 0 heterocycles. The van der Waals surface area contributed by atoms with Crippen molar-refractivity contribution in [3.63, 3.8) is 0 Å². The van der Waals surface area contributed by atoms with E-state index in [1.54, 1.807) is 20.0 Å². The van der Waals surface area contributed by atoms with Crippen LogP contribution < -0.4 is 5.32 Å². The predicted octanol–water partition coefficient (Wildman–Crippen LogP) is 4.97. The number of Topliss-reactive ketones (excluding diaryl/α,β-unsaturated/α-hetero) is 1. The highest BCUT2D eigenvalue weighted by atomic mass is 16.3. The van der Waals surface area contributed by atoms with E-state index in [1.165, 1.54) is 0 Å². The van der Waals surface area contributed by atoms with Gasteiger partial charge in [0.25, 0.3) is 0 Å². The van der Waals surface area contributed by atoms with Crippen LogP contribution in [0.5, 0.6) is 5.75 Å². The second-order valence-corrected chi connectivity index (χ2v) is 5.66. The first-order valence-corrected chi connectivity index (χ1v) is 7.81. The zero-order valence-electron chi connectivity index (χ0n) is 13.7. The summed E-state index contributed by atoms with van der Waals surface area (Å²) >= 11 is 0. The van der Waals surface area contributed by atoms with Gasteiger partial charge in [-0.15, -0.1) is 0 Å². The molecule has 2 N–H and O–H groups in total. The third kappa shape index (κ3) is 3.01. The fourth-order valence-corrected chi connectivity index (χ4v) is 2.80. The van der Waals surface area contributed by atoms with Crippen LogP contribution in [0.25, 0.3) is 22.3 Å². The highest BCUT2D eigenvalue weighted by molar-refractivity contribution is 6.02. The summed E-state index contributed by atoms with van der Waals surface area (Å²) < 4.78 is 0. The largest absolute Gasteiger partial charge is 0.507 e. The van der Waals surface area contributed by atoms with E-state index in [4.69, 9.17) is 0 Å². The summed E-state index contributed by atoms with van der Waals surface area (Å²) in [6.45, 7) is 1.54. The summed E-state index contributed by atoms with van der Waals surface area (Å²) in [5.74, 6) is 0.122. The molecule has 3 aromatic rings. The standard InChI is InChI=1S/C21H19NO2/c1-14(23)18-10-8-16(15-6-4-3-5-7-15)12-20(18)19-11-9-17(22-2)13-21(19)24/h3-13,22,24H,1-2H3. The van der Waals surface area contributed by atoms with E-state index in [-0.39, 0.29) is 11.5 Å². The maximum atomic E-state index is 12.0. The molecule has 24 heavy (non-hydrogen) atoms. The minimum Gasteiger partial charge on any atom is -0.507 e. The number of aromatic hydroxyl groups is 1. The molecule has 3 rings (SSSR count). The van der Waals surface area contributed by atoms with Gasteiger partial charge in [0.2, 0.25) is 0 Å². The zero-order valence-corrected chi connectivity index (χ0v) is 13.7. The third-order valence-corrected chi connectivity index (χ3v) is 4.08. The van der Waals surface area contributed by atoms with Gasteiger partial charge in [-0.1, -0.05) is 42.5 Å². The Labute approximate surface area is 141 Å². The lowest BCUT2D eigenvalue weighted by Crippen LogP contribution is -1.97. The number of carbonyl (C=O) groups is 1. The first kappa shape index (κ1) is 15.8. The molecule has 0 aromatic heterocycles. The minimum absolute atomic E-state index is 0.0262. The predicted molar refractivity (Wildman–Crippen MR) is 98.5 cm³/mol. The van der Waals surface area contributed by atoms with Crippen LogP contribution >= 0.6 is 0 Å². The highest BCUT2D eigenvalue weighted by Crippen LogP contribution is 2.36. The third-order valence-electron chi connectivity index (χ3n) is 4.08. The molecule has 0 aliphatic heterocycles. The second kappa shape index (κ2) is 6.59. The maximum absolute atomic E-state index is 12.0. The van der Waals surface area contributed by atoms with Gasteiger partial charge in [0, 0.05) is 29.9 Å². The smallest absolute Gasteiger partial charge is 0.160 e. The number of hydrogen-bond donors (Lipinski definition) is 2. The molecule has 0 aliphatic rings. The molecule has 0 spiro atoms. The van der Waals surface area contributed by atoms with Crippen molar-refractivity contribution in [1.29, 1.82) is 0 Å². The average molecular weight is 317 g/mol. The van der Waals surface area contributed by atoms with E-state index in [1.807, 2.05) is 60.7 Å². The number of phenolic OH excluding ortho intramolecular Hbond substituents is 1. The number of ketones is 1. The Kier molecular flexibility index (Phi) is 4.34. The van der Waals surface area contributed by atoms with Crippen LogP contribution in [0.1, 0.15) is 17.3 Å². The number of rotatable bonds is 4. The summed E-state index contributed by atoms with van der Waals surface area (Å²) in [5.41, 5.74) is 4.89. The van der Waals surface area contributed by atoms with Crippen molar-refractivity contribution in [3.8, 4) is 28.0 Å². The molecule has 3 nitrogen and oxygen atoms in total. The van der Waals surface area contributed by atoms with E-state index in [2.05, 4.69) is 5.32 Å². The lowest BCUT2D eigenvalue weighted by Gasteiger charge is -2.13. The summed E-state index contributed by atoms with van der Waals surface area (Å²) in [6.07, 6.45) is 0. The Morgan fingerprint density at radius 2 is 1.62 bits per heavy atom. The van der Waals surface area contributed by atoms with Gasteiger partial charge in [0.15, 0.2) is 5.78 Å². The van der Waals surface area contributed by atoms with Crippen LogP contribution in [0.2, 0.25) is 0 Å². The zero-order chi connectivity index (χ0) is 17.1. The van der Waals surface area contributed by atoms with Gasteiger partial charge in [0.05, 0.1) is 0 Å². The SMILES string of the molecule is CNc1ccc(-c2cc(-c3ccccc3)ccc2C(C)=O)c(O)c1. The van der Waals surface area contributed by atoms with Crippen molar-refractivity contribution in [2.75, 3.05) is 12.4 Å². The second-order valence-electron chi connectivity index (χ2n) is 5.66. The Balaban J connectivity index is 2.19. The monoisotopic (exact) mass is 317 g/mol. The van der Waals surface area contributed by atoms with E-state index in [0.29, 0.717) is 11.1 Å². The number of benzene rings is 3. The summed E-state index contributed by atoms with van der Waals surface area (Å²) in [5, 5.41) is 13.4. The Morgan fingerprint density at radius 1 is 0.875 bits per heavy atom. The van der Waals surface area contributed by atoms with Crippen LogP contribution in [-0.4, -0.2) is 17.9 Å². The minimum atomic E-state index is -0.0262. The normalized spacial score (nSPS) is 10.4. The molecular formula is C21H19NO2. The quantitative estimate of drug-likeness (QED) is 0.668. The molecule has 0 fully saturated rings. The number of carbonyl (C=O) groups excluding carboxylic acids is 1. The van der Waals surface area contributed by atoms with Gasteiger partial charge in [-0.3, -0.25) is 4.79 Å². The molecule has 3 heteroatoms. The van der Waals surface area contributed by atoms with Crippen molar-refractivity contribution >= 4 is 11.5 Å². The first-order chi connectivity index (χ1) is 11.6. The van der Waals surface area contributed by atoms with Gasteiger partial charge in [-0.2, -0.15) is 0 Å². The Hall–Kier alpha value is -3.07. The molecule has 0 atom stereocenters. The van der Waals surface area contributed by atoms with Crippen LogP contribution in [-0.2, 0) is 0 Å². The molecular weight excluding hydrogens is 298 g/mol. The number of phenols is 1. The Morgan fingerprint density at radius 3 is 2.25 bits per heavy atom. The molecule has 0 unspecified atom stereocenters. The van der Waals surface area contributed by atoms with Gasteiger partial charge in [0.1, 0.15) is 5.75 Å². The molecule has 0 saturated carbocycles. The Bertz CT molecular complexity index is 886. The molecule has 0 bridgehead atoms. The van der Waals surface area contributed by atoms with Gasteiger partial charge < -0.3 is 10.4 Å². The number of anilines is 1. The maximum Gasteiger partial charge on any atom is 0.160 e. The van der Waals surface area contributed by atoms with Crippen molar-refractivity contribution in [2.24, 2.45) is 0 Å². The molecule has 0 radical (unpaired) electrons. The molecule has 0 amide bonds. The number of hydrogen-bond acceptors (Lipinski definition) is 3. The van der Waals surface area contributed by atoms with E-state index < -0.39 is 0 Å². The lowest BCUT2D eigenvalue weighted by molar-refractivity contribution is 0.101. The van der Waals surface area contributed by atoms with Crippen molar-refractivity contribution in [1.82, 2.24) is 0 Å². The van der Waals surface area contributed by atoms with Gasteiger partial charge >= 0.3 is 0 Å². The van der Waals surface area contributed by atoms with Crippen LogP contribution in [0.3, 0.4) is 0 Å². The van der Waals surface area contributed by atoms with Crippen LogP contribution in [0.4, 0.5) is 5.69 Å². The fraction of sp³-hybridized carbons (Fsp3) is 0.0952. The topological polar surface area (TPSA) is 49.3 Å². The first-order valence-electron chi connectivity index (χ1n) is 7.81. The highest BCUT2D eigenvalue weighted by Gasteiger charge is 2.14. The van der Waals surface area contributed by atoms with Crippen molar-refractivity contribution < 1.29 is 9.90 Å². The van der Waals surface area contributed by atoms with Crippen molar-refractivity contribution in [3.05, 3.63) is 72.3 Å². The van der Waals surface area contributed by atoms with Gasteiger partial charge in [-0.05, 0) is 41.8 Å². The summed E-state index contributed by atoms with van der Waals surface area (Å²) in [6, 6.07) is 21.1.